The average Bonchev–Trinajstić information content (AvgIpc) is 2.50. The van der Waals surface area contributed by atoms with Crippen LogP contribution in [0.1, 0.15) is 30.0 Å². The van der Waals surface area contributed by atoms with Crippen molar-refractivity contribution in [2.24, 2.45) is 0 Å². The number of anilines is 1. The Bertz CT molecular complexity index is 552. The fourth-order valence-corrected chi connectivity index (χ4v) is 2.37. The summed E-state index contributed by atoms with van der Waals surface area (Å²) in [5.74, 6) is 0. The van der Waals surface area contributed by atoms with Crippen LogP contribution in [0.5, 0.6) is 0 Å². The SMILES string of the molecule is CCCNCc1ccc(N(C)Cc2cccnc2)cc1C. The summed E-state index contributed by atoms with van der Waals surface area (Å²) in [7, 11) is 2.12. The Labute approximate surface area is 128 Å². The molecule has 0 spiro atoms. The molecule has 2 aromatic rings. The molecule has 3 heteroatoms. The Morgan fingerprint density at radius 3 is 2.76 bits per heavy atom. The fraction of sp³-hybridized carbons (Fsp3) is 0.389. The highest BCUT2D eigenvalue weighted by molar-refractivity contribution is 5.50. The van der Waals surface area contributed by atoms with Crippen molar-refractivity contribution in [3.63, 3.8) is 0 Å². The van der Waals surface area contributed by atoms with Crippen molar-refractivity contribution in [3.05, 3.63) is 59.4 Å². The molecular weight excluding hydrogens is 258 g/mol. The number of nitrogens with zero attached hydrogens (tertiary/aromatic N) is 2. The molecule has 1 heterocycles. The highest BCUT2D eigenvalue weighted by Crippen LogP contribution is 2.19. The maximum atomic E-state index is 4.17. The van der Waals surface area contributed by atoms with Crippen molar-refractivity contribution in [2.45, 2.75) is 33.4 Å². The van der Waals surface area contributed by atoms with Gasteiger partial charge in [-0.1, -0.05) is 19.1 Å². The number of aromatic nitrogens is 1. The van der Waals surface area contributed by atoms with Gasteiger partial charge >= 0.3 is 0 Å². The van der Waals surface area contributed by atoms with Crippen LogP contribution >= 0.6 is 0 Å². The summed E-state index contributed by atoms with van der Waals surface area (Å²) in [6.07, 6.45) is 4.91. The Kier molecular flexibility index (Phi) is 5.76. The predicted molar refractivity (Wildman–Crippen MR) is 89.5 cm³/mol. The van der Waals surface area contributed by atoms with E-state index < -0.39 is 0 Å². The molecule has 1 aromatic carbocycles. The van der Waals surface area contributed by atoms with Gasteiger partial charge in [0.15, 0.2) is 0 Å². The highest BCUT2D eigenvalue weighted by Gasteiger charge is 2.05. The normalized spacial score (nSPS) is 10.6. The van der Waals surface area contributed by atoms with E-state index in [1.54, 1.807) is 0 Å². The van der Waals surface area contributed by atoms with Gasteiger partial charge in [0.05, 0.1) is 0 Å². The van der Waals surface area contributed by atoms with Crippen molar-refractivity contribution in [1.29, 1.82) is 0 Å². The van der Waals surface area contributed by atoms with Gasteiger partial charge in [0.2, 0.25) is 0 Å². The molecule has 0 radical (unpaired) electrons. The molecule has 1 aromatic heterocycles. The van der Waals surface area contributed by atoms with E-state index in [-0.39, 0.29) is 0 Å². The lowest BCUT2D eigenvalue weighted by Gasteiger charge is -2.20. The van der Waals surface area contributed by atoms with Gasteiger partial charge in [-0.05, 0) is 54.8 Å². The standard InChI is InChI=1S/C18H25N3/c1-4-9-19-13-17-7-8-18(11-15(17)2)21(3)14-16-6-5-10-20-12-16/h5-8,10-12,19H,4,9,13-14H2,1-3H3. The third-order valence-electron chi connectivity index (χ3n) is 3.65. The minimum absolute atomic E-state index is 0.876. The van der Waals surface area contributed by atoms with Gasteiger partial charge in [-0.2, -0.15) is 0 Å². The van der Waals surface area contributed by atoms with Gasteiger partial charge in [0.1, 0.15) is 0 Å². The first kappa shape index (κ1) is 15.5. The second kappa shape index (κ2) is 7.79. The van der Waals surface area contributed by atoms with Crippen LogP contribution in [0, 0.1) is 6.92 Å². The molecule has 2 rings (SSSR count). The van der Waals surface area contributed by atoms with E-state index in [0.29, 0.717) is 0 Å². The molecule has 21 heavy (non-hydrogen) atoms. The number of rotatable bonds is 7. The number of benzene rings is 1. The van der Waals surface area contributed by atoms with Crippen LogP contribution in [-0.2, 0) is 13.1 Å². The zero-order valence-electron chi connectivity index (χ0n) is 13.3. The van der Waals surface area contributed by atoms with Crippen molar-refractivity contribution < 1.29 is 0 Å². The van der Waals surface area contributed by atoms with Crippen molar-refractivity contribution in [3.8, 4) is 0 Å². The second-order valence-corrected chi connectivity index (χ2v) is 5.50. The average molecular weight is 283 g/mol. The molecule has 0 saturated carbocycles. The van der Waals surface area contributed by atoms with E-state index in [0.717, 1.165) is 19.6 Å². The lowest BCUT2D eigenvalue weighted by Crippen LogP contribution is -2.18. The monoisotopic (exact) mass is 283 g/mol. The summed E-state index contributed by atoms with van der Waals surface area (Å²) in [6.45, 7) is 7.27. The van der Waals surface area contributed by atoms with Crippen LogP contribution in [0.15, 0.2) is 42.7 Å². The van der Waals surface area contributed by atoms with Crippen LogP contribution in [0.2, 0.25) is 0 Å². The van der Waals surface area contributed by atoms with Crippen LogP contribution < -0.4 is 10.2 Å². The molecule has 0 atom stereocenters. The quantitative estimate of drug-likeness (QED) is 0.788. The summed E-state index contributed by atoms with van der Waals surface area (Å²) in [5.41, 5.74) is 5.19. The van der Waals surface area contributed by atoms with E-state index >= 15 is 0 Å². The van der Waals surface area contributed by atoms with Gasteiger partial charge in [0.25, 0.3) is 0 Å². The first-order chi connectivity index (χ1) is 10.2. The maximum absolute atomic E-state index is 4.17. The molecule has 0 aliphatic carbocycles. The first-order valence-corrected chi connectivity index (χ1v) is 7.61. The molecule has 0 unspecified atom stereocenters. The minimum Gasteiger partial charge on any atom is -0.370 e. The number of hydrogen-bond acceptors (Lipinski definition) is 3. The zero-order chi connectivity index (χ0) is 15.1. The lowest BCUT2D eigenvalue weighted by atomic mass is 10.1. The predicted octanol–water partition coefficient (Wildman–Crippen LogP) is 3.53. The van der Waals surface area contributed by atoms with Crippen molar-refractivity contribution in [2.75, 3.05) is 18.5 Å². The molecule has 0 bridgehead atoms. The van der Waals surface area contributed by atoms with Crippen LogP contribution in [0.3, 0.4) is 0 Å². The van der Waals surface area contributed by atoms with Gasteiger partial charge in [-0.3, -0.25) is 4.98 Å². The zero-order valence-corrected chi connectivity index (χ0v) is 13.3. The smallest absolute Gasteiger partial charge is 0.0441 e. The Morgan fingerprint density at radius 1 is 1.24 bits per heavy atom. The van der Waals surface area contributed by atoms with Crippen LogP contribution in [-0.4, -0.2) is 18.6 Å². The number of nitrogens with one attached hydrogen (secondary N) is 1. The van der Waals surface area contributed by atoms with E-state index in [2.05, 4.69) is 60.4 Å². The van der Waals surface area contributed by atoms with Gasteiger partial charge in [0, 0.05) is 38.2 Å². The molecule has 0 saturated heterocycles. The Morgan fingerprint density at radius 2 is 2.10 bits per heavy atom. The number of pyridine rings is 1. The molecule has 112 valence electrons. The van der Waals surface area contributed by atoms with Crippen LogP contribution in [0.4, 0.5) is 5.69 Å². The van der Waals surface area contributed by atoms with E-state index in [1.807, 2.05) is 18.5 Å². The van der Waals surface area contributed by atoms with Gasteiger partial charge < -0.3 is 10.2 Å². The topological polar surface area (TPSA) is 28.2 Å². The molecule has 1 N–H and O–H groups in total. The number of hydrogen-bond donors (Lipinski definition) is 1. The Hall–Kier alpha value is -1.87. The number of aryl methyl sites for hydroxylation is 1. The summed E-state index contributed by atoms with van der Waals surface area (Å²) < 4.78 is 0. The fourth-order valence-electron chi connectivity index (χ4n) is 2.37. The molecule has 0 aliphatic heterocycles. The van der Waals surface area contributed by atoms with Gasteiger partial charge in [-0.15, -0.1) is 0 Å². The molecular formula is C18H25N3. The third kappa shape index (κ3) is 4.57. The van der Waals surface area contributed by atoms with E-state index in [4.69, 9.17) is 0 Å². The lowest BCUT2D eigenvalue weighted by molar-refractivity contribution is 0.673. The maximum Gasteiger partial charge on any atom is 0.0441 e. The summed E-state index contributed by atoms with van der Waals surface area (Å²) in [5, 5.41) is 3.46. The summed E-state index contributed by atoms with van der Waals surface area (Å²) in [6, 6.07) is 10.8. The molecule has 3 nitrogen and oxygen atoms in total. The van der Waals surface area contributed by atoms with E-state index in [1.165, 1.54) is 28.8 Å². The highest BCUT2D eigenvalue weighted by atomic mass is 15.1. The van der Waals surface area contributed by atoms with Crippen molar-refractivity contribution >= 4 is 5.69 Å². The first-order valence-electron chi connectivity index (χ1n) is 7.61. The second-order valence-electron chi connectivity index (χ2n) is 5.50. The largest absolute Gasteiger partial charge is 0.370 e. The van der Waals surface area contributed by atoms with E-state index in [9.17, 15) is 0 Å². The van der Waals surface area contributed by atoms with Gasteiger partial charge in [-0.25, -0.2) is 0 Å². The summed E-state index contributed by atoms with van der Waals surface area (Å²) >= 11 is 0. The molecule has 0 fully saturated rings. The minimum atomic E-state index is 0.876. The molecule has 0 amide bonds. The molecule has 0 aliphatic rings. The Balaban J connectivity index is 2.01. The summed E-state index contributed by atoms with van der Waals surface area (Å²) in [4.78, 5) is 6.43. The van der Waals surface area contributed by atoms with Crippen LogP contribution in [0.25, 0.3) is 0 Å². The van der Waals surface area contributed by atoms with Crippen molar-refractivity contribution in [1.82, 2.24) is 10.3 Å². The third-order valence-corrected chi connectivity index (χ3v) is 3.65.